The van der Waals surface area contributed by atoms with E-state index in [1.165, 1.54) is 5.56 Å². The van der Waals surface area contributed by atoms with Crippen molar-refractivity contribution in [2.24, 2.45) is 0 Å². The van der Waals surface area contributed by atoms with E-state index in [1.54, 1.807) is 0 Å². The maximum absolute atomic E-state index is 5.40. The van der Waals surface area contributed by atoms with Crippen molar-refractivity contribution in [2.75, 3.05) is 0 Å². The summed E-state index contributed by atoms with van der Waals surface area (Å²) in [6.07, 6.45) is 0. The van der Waals surface area contributed by atoms with E-state index in [2.05, 4.69) is 42.6 Å². The van der Waals surface area contributed by atoms with Gasteiger partial charge in [-0.15, -0.1) is 4.57 Å². The number of aromatic nitrogens is 2. The molecule has 0 unspecified atom stereocenters. The fourth-order valence-electron chi connectivity index (χ4n) is 2.04. The number of nitrogens with zero attached hydrogens (tertiary/aromatic N) is 2. The van der Waals surface area contributed by atoms with Crippen LogP contribution in [0.4, 0.5) is 0 Å². The molecule has 0 saturated carbocycles. The Morgan fingerprint density at radius 2 is 1.56 bits per heavy atom. The van der Waals surface area contributed by atoms with E-state index in [-0.39, 0.29) is 0 Å². The van der Waals surface area contributed by atoms with Crippen LogP contribution in [0.2, 0.25) is 0 Å². The number of hydrogen-bond acceptors (Lipinski definition) is 2. The minimum absolute atomic E-state index is 0.826. The summed E-state index contributed by atoms with van der Waals surface area (Å²) in [5.41, 5.74) is 5.63. The van der Waals surface area contributed by atoms with E-state index < -0.39 is 0 Å². The highest BCUT2D eigenvalue weighted by Crippen LogP contribution is 2.14. The van der Waals surface area contributed by atoms with E-state index in [4.69, 9.17) is 4.52 Å². The standard InChI is InChI=1S/C13H17N2O/c1-8-6-9(2)15(10(3)7-8)13-11(4)12(5)14-16-13/h6-7H,1-5H3/q+1. The zero-order valence-electron chi connectivity index (χ0n) is 10.5. The van der Waals surface area contributed by atoms with Gasteiger partial charge in [0.05, 0.1) is 11.3 Å². The molecular formula is C13H17N2O+. The van der Waals surface area contributed by atoms with Crippen LogP contribution in [-0.4, -0.2) is 5.16 Å². The highest BCUT2D eigenvalue weighted by atomic mass is 16.5. The lowest BCUT2D eigenvalue weighted by molar-refractivity contribution is -0.624. The number of aryl methyl sites for hydroxylation is 4. The lowest BCUT2D eigenvalue weighted by Crippen LogP contribution is -2.38. The highest BCUT2D eigenvalue weighted by molar-refractivity contribution is 5.27. The van der Waals surface area contributed by atoms with Gasteiger partial charge >= 0.3 is 5.88 Å². The molecule has 3 nitrogen and oxygen atoms in total. The van der Waals surface area contributed by atoms with E-state index in [9.17, 15) is 0 Å². The van der Waals surface area contributed by atoms with Crippen LogP contribution in [0.3, 0.4) is 0 Å². The van der Waals surface area contributed by atoms with Crippen molar-refractivity contribution in [3.63, 3.8) is 0 Å². The van der Waals surface area contributed by atoms with Gasteiger partial charge in [-0.2, -0.15) is 0 Å². The number of pyridine rings is 1. The molecule has 0 bridgehead atoms. The molecule has 3 heteroatoms. The van der Waals surface area contributed by atoms with Gasteiger partial charge < -0.3 is 0 Å². The summed E-state index contributed by atoms with van der Waals surface area (Å²) in [5.74, 6) is 0.826. The summed E-state index contributed by atoms with van der Waals surface area (Å²) in [6, 6.07) is 4.29. The molecule has 0 N–H and O–H groups in total. The SMILES string of the molecule is Cc1cc(C)[n+](-c2onc(C)c2C)c(C)c1. The van der Waals surface area contributed by atoms with Crippen LogP contribution in [-0.2, 0) is 0 Å². The summed E-state index contributed by atoms with van der Waals surface area (Å²) in [7, 11) is 0. The fourth-order valence-corrected chi connectivity index (χ4v) is 2.04. The molecular weight excluding hydrogens is 200 g/mol. The van der Waals surface area contributed by atoms with Gasteiger partial charge in [0.1, 0.15) is 0 Å². The zero-order chi connectivity index (χ0) is 11.9. The maximum Gasteiger partial charge on any atom is 0.405 e. The van der Waals surface area contributed by atoms with Crippen molar-refractivity contribution in [1.29, 1.82) is 0 Å². The average Bonchev–Trinajstić information content (AvgIpc) is 2.48. The molecule has 0 atom stereocenters. The topological polar surface area (TPSA) is 29.9 Å². The first-order valence-electron chi connectivity index (χ1n) is 5.44. The molecule has 0 radical (unpaired) electrons. The first-order chi connectivity index (χ1) is 7.50. The summed E-state index contributed by atoms with van der Waals surface area (Å²) < 4.78 is 7.50. The van der Waals surface area contributed by atoms with E-state index in [0.717, 1.165) is 28.5 Å². The zero-order valence-corrected chi connectivity index (χ0v) is 10.5. The molecule has 16 heavy (non-hydrogen) atoms. The number of rotatable bonds is 1. The van der Waals surface area contributed by atoms with Gasteiger partial charge in [-0.25, -0.2) is 0 Å². The van der Waals surface area contributed by atoms with Crippen molar-refractivity contribution in [1.82, 2.24) is 5.16 Å². The monoisotopic (exact) mass is 217 g/mol. The van der Waals surface area contributed by atoms with E-state index >= 15 is 0 Å². The van der Waals surface area contributed by atoms with Gasteiger partial charge in [-0.05, 0) is 26.3 Å². The second-order valence-corrected chi connectivity index (χ2v) is 4.35. The third kappa shape index (κ3) is 1.62. The molecule has 0 spiro atoms. The minimum Gasteiger partial charge on any atom is -0.292 e. The Kier molecular flexibility index (Phi) is 2.54. The van der Waals surface area contributed by atoms with Crippen LogP contribution < -0.4 is 4.57 Å². The van der Waals surface area contributed by atoms with E-state index in [1.807, 2.05) is 13.8 Å². The molecule has 0 saturated heterocycles. The predicted octanol–water partition coefficient (Wildman–Crippen LogP) is 2.49. The first kappa shape index (κ1) is 10.9. The Labute approximate surface area is 95.7 Å². The molecule has 84 valence electrons. The van der Waals surface area contributed by atoms with Crippen LogP contribution in [0.5, 0.6) is 0 Å². The van der Waals surface area contributed by atoms with Crippen LogP contribution in [0.1, 0.15) is 28.2 Å². The molecule has 0 aliphatic carbocycles. The number of hydrogen-bond donors (Lipinski definition) is 0. The summed E-state index contributed by atoms with van der Waals surface area (Å²) >= 11 is 0. The molecule has 2 heterocycles. The Hall–Kier alpha value is -1.64. The normalized spacial score (nSPS) is 10.8. The predicted molar refractivity (Wildman–Crippen MR) is 61.7 cm³/mol. The van der Waals surface area contributed by atoms with Crippen molar-refractivity contribution in [2.45, 2.75) is 34.6 Å². The lowest BCUT2D eigenvalue weighted by atomic mass is 10.2. The van der Waals surface area contributed by atoms with Crippen LogP contribution in [0, 0.1) is 34.6 Å². The smallest absolute Gasteiger partial charge is 0.292 e. The fraction of sp³-hybridized carbons (Fsp3) is 0.385. The molecule has 0 aliphatic heterocycles. The van der Waals surface area contributed by atoms with Crippen LogP contribution in [0.25, 0.3) is 5.88 Å². The first-order valence-corrected chi connectivity index (χ1v) is 5.44. The van der Waals surface area contributed by atoms with Gasteiger partial charge in [-0.1, -0.05) is 5.16 Å². The van der Waals surface area contributed by atoms with Crippen molar-refractivity contribution < 1.29 is 9.09 Å². The third-order valence-electron chi connectivity index (χ3n) is 2.91. The molecule has 0 fully saturated rings. The lowest BCUT2D eigenvalue weighted by Gasteiger charge is -2.01. The van der Waals surface area contributed by atoms with Crippen LogP contribution in [0.15, 0.2) is 16.7 Å². The summed E-state index contributed by atoms with van der Waals surface area (Å²) in [6.45, 7) is 10.3. The van der Waals surface area contributed by atoms with E-state index in [0.29, 0.717) is 0 Å². The van der Waals surface area contributed by atoms with Gasteiger partial charge in [0.15, 0.2) is 11.4 Å². The van der Waals surface area contributed by atoms with Crippen molar-refractivity contribution in [3.8, 4) is 5.88 Å². The Morgan fingerprint density at radius 1 is 1.00 bits per heavy atom. The molecule has 2 aromatic rings. The van der Waals surface area contributed by atoms with Crippen molar-refractivity contribution >= 4 is 0 Å². The largest absolute Gasteiger partial charge is 0.405 e. The summed E-state index contributed by atoms with van der Waals surface area (Å²) in [5, 5.41) is 4.00. The Bertz CT molecular complexity index is 518. The Balaban J connectivity index is 2.69. The van der Waals surface area contributed by atoms with Gasteiger partial charge in [0.2, 0.25) is 0 Å². The second-order valence-electron chi connectivity index (χ2n) is 4.35. The quantitative estimate of drug-likeness (QED) is 0.687. The molecule has 2 aromatic heterocycles. The van der Waals surface area contributed by atoms with Gasteiger partial charge in [-0.3, -0.25) is 4.52 Å². The highest BCUT2D eigenvalue weighted by Gasteiger charge is 2.23. The minimum atomic E-state index is 0.826. The second kappa shape index (κ2) is 3.74. The van der Waals surface area contributed by atoms with Crippen LogP contribution >= 0.6 is 0 Å². The van der Waals surface area contributed by atoms with Gasteiger partial charge in [0, 0.05) is 26.0 Å². The maximum atomic E-state index is 5.40. The molecule has 0 aliphatic rings. The average molecular weight is 217 g/mol. The molecule has 0 amide bonds. The molecule has 2 rings (SSSR count). The van der Waals surface area contributed by atoms with Crippen molar-refractivity contribution in [3.05, 3.63) is 40.3 Å². The Morgan fingerprint density at radius 3 is 2.00 bits per heavy atom. The van der Waals surface area contributed by atoms with Gasteiger partial charge in [0.25, 0.3) is 0 Å². The molecule has 0 aromatic carbocycles. The third-order valence-corrected chi connectivity index (χ3v) is 2.91. The summed E-state index contributed by atoms with van der Waals surface area (Å²) in [4.78, 5) is 0.